The van der Waals surface area contributed by atoms with Gasteiger partial charge >= 0.3 is 5.00 Å². The second-order valence-corrected chi connectivity index (χ2v) is 4.69. The summed E-state index contributed by atoms with van der Waals surface area (Å²) in [6.07, 6.45) is 0. The summed E-state index contributed by atoms with van der Waals surface area (Å²) in [4.78, 5) is 21.9. The van der Waals surface area contributed by atoms with Crippen LogP contribution < -0.4 is 10.6 Å². The van der Waals surface area contributed by atoms with E-state index in [1.807, 2.05) is 0 Å². The summed E-state index contributed by atoms with van der Waals surface area (Å²) >= 11 is 0.900. The largest absolute Gasteiger partial charge is 0.351 e. The Morgan fingerprint density at radius 1 is 1.59 bits per heavy atom. The van der Waals surface area contributed by atoms with Crippen molar-refractivity contribution in [3.63, 3.8) is 0 Å². The van der Waals surface area contributed by atoms with Gasteiger partial charge in [0.15, 0.2) is 0 Å². The van der Waals surface area contributed by atoms with Crippen LogP contribution in [-0.2, 0) is 0 Å². The Kier molecular flexibility index (Phi) is 4.86. The maximum absolute atomic E-state index is 11.6. The molecule has 1 fully saturated rings. The molecular formula is C9H12ClN3O3S. The van der Waals surface area contributed by atoms with E-state index in [-0.39, 0.29) is 23.3 Å². The minimum atomic E-state index is -0.489. The van der Waals surface area contributed by atoms with Gasteiger partial charge in [-0.25, -0.2) is 0 Å². The van der Waals surface area contributed by atoms with Crippen LogP contribution in [0.15, 0.2) is 12.1 Å². The Bertz CT molecular complexity index is 419. The SMILES string of the molecule is Cl.O=C(NCC1CNC1)c1ccc([N+](=O)[O-])s1. The van der Waals surface area contributed by atoms with Gasteiger partial charge < -0.3 is 10.6 Å². The summed E-state index contributed by atoms with van der Waals surface area (Å²) in [7, 11) is 0. The average Bonchev–Trinajstić information content (AvgIpc) is 2.63. The lowest BCUT2D eigenvalue weighted by atomic mass is 10.0. The lowest BCUT2D eigenvalue weighted by Crippen LogP contribution is -2.48. The van der Waals surface area contributed by atoms with Gasteiger partial charge in [0.1, 0.15) is 0 Å². The fourth-order valence-electron chi connectivity index (χ4n) is 1.36. The number of rotatable bonds is 4. The summed E-state index contributed by atoms with van der Waals surface area (Å²) in [5.41, 5.74) is 0. The summed E-state index contributed by atoms with van der Waals surface area (Å²) in [6.45, 7) is 2.47. The molecule has 1 aromatic rings. The van der Waals surface area contributed by atoms with Crippen LogP contribution in [0.3, 0.4) is 0 Å². The van der Waals surface area contributed by atoms with Gasteiger partial charge in [-0.15, -0.1) is 12.4 Å². The molecule has 2 heterocycles. The third-order valence-electron chi connectivity index (χ3n) is 2.41. The minimum Gasteiger partial charge on any atom is -0.351 e. The van der Waals surface area contributed by atoms with Crippen molar-refractivity contribution in [2.75, 3.05) is 19.6 Å². The quantitative estimate of drug-likeness (QED) is 0.636. The number of thiophene rings is 1. The Hall–Kier alpha value is -1.18. The predicted octanol–water partition coefficient (Wildman–Crippen LogP) is 1.03. The first kappa shape index (κ1) is 13.9. The predicted molar refractivity (Wildman–Crippen MR) is 66.9 cm³/mol. The number of carbonyl (C=O) groups excluding carboxylic acids is 1. The lowest BCUT2D eigenvalue weighted by Gasteiger charge is -2.26. The fraction of sp³-hybridized carbons (Fsp3) is 0.444. The highest BCUT2D eigenvalue weighted by Gasteiger charge is 2.19. The van der Waals surface area contributed by atoms with E-state index in [4.69, 9.17) is 0 Å². The van der Waals surface area contributed by atoms with E-state index in [2.05, 4.69) is 10.6 Å². The molecule has 0 radical (unpaired) electrons. The van der Waals surface area contributed by atoms with E-state index in [1.165, 1.54) is 12.1 Å². The number of nitrogens with zero attached hydrogens (tertiary/aromatic N) is 1. The maximum atomic E-state index is 11.6. The third-order valence-corrected chi connectivity index (χ3v) is 3.45. The van der Waals surface area contributed by atoms with Crippen molar-refractivity contribution in [3.8, 4) is 0 Å². The van der Waals surface area contributed by atoms with Gasteiger partial charge in [-0.05, 0) is 6.07 Å². The normalized spacial score (nSPS) is 14.6. The molecule has 1 aromatic heterocycles. The molecule has 8 heteroatoms. The van der Waals surface area contributed by atoms with Crippen molar-refractivity contribution < 1.29 is 9.72 Å². The molecule has 2 N–H and O–H groups in total. The standard InChI is InChI=1S/C9H11N3O3S.ClH/c13-9(11-5-6-3-10-4-6)7-1-2-8(16-7)12(14)15;/h1-2,6,10H,3-5H2,(H,11,13);1H. The first-order valence-corrected chi connectivity index (χ1v) is 5.71. The average molecular weight is 278 g/mol. The second kappa shape index (κ2) is 5.95. The van der Waals surface area contributed by atoms with Crippen LogP contribution in [0.25, 0.3) is 0 Å². The molecule has 1 amide bonds. The number of carbonyl (C=O) groups is 1. The molecule has 0 aromatic carbocycles. The monoisotopic (exact) mass is 277 g/mol. The molecule has 0 atom stereocenters. The highest BCUT2D eigenvalue weighted by atomic mass is 35.5. The molecule has 1 aliphatic rings. The smallest absolute Gasteiger partial charge is 0.324 e. The molecule has 0 saturated carbocycles. The Morgan fingerprint density at radius 3 is 2.76 bits per heavy atom. The Balaban J connectivity index is 0.00000144. The van der Waals surface area contributed by atoms with Crippen LogP contribution in [-0.4, -0.2) is 30.5 Å². The summed E-state index contributed by atoms with van der Waals surface area (Å²) in [5.74, 6) is 0.254. The third kappa shape index (κ3) is 3.39. The van der Waals surface area contributed by atoms with E-state index in [9.17, 15) is 14.9 Å². The Morgan fingerprint density at radius 2 is 2.29 bits per heavy atom. The molecule has 94 valence electrons. The van der Waals surface area contributed by atoms with Gasteiger partial charge in [-0.2, -0.15) is 0 Å². The van der Waals surface area contributed by atoms with Crippen LogP contribution in [0.4, 0.5) is 5.00 Å². The molecule has 17 heavy (non-hydrogen) atoms. The van der Waals surface area contributed by atoms with Crippen LogP contribution in [0.5, 0.6) is 0 Å². The molecule has 2 rings (SSSR count). The van der Waals surface area contributed by atoms with Crippen LogP contribution in [0.1, 0.15) is 9.67 Å². The Labute approximate surface area is 108 Å². The van der Waals surface area contributed by atoms with Crippen molar-refractivity contribution in [2.45, 2.75) is 0 Å². The van der Waals surface area contributed by atoms with E-state index in [0.29, 0.717) is 17.3 Å². The van der Waals surface area contributed by atoms with Gasteiger partial charge in [-0.3, -0.25) is 14.9 Å². The fourth-order valence-corrected chi connectivity index (χ4v) is 2.10. The van der Waals surface area contributed by atoms with Gasteiger partial charge in [0.25, 0.3) is 5.91 Å². The van der Waals surface area contributed by atoms with Crippen LogP contribution in [0, 0.1) is 16.0 Å². The van der Waals surface area contributed by atoms with Crippen molar-refractivity contribution in [3.05, 3.63) is 27.1 Å². The zero-order chi connectivity index (χ0) is 11.5. The zero-order valence-corrected chi connectivity index (χ0v) is 10.5. The second-order valence-electron chi connectivity index (χ2n) is 3.63. The number of hydrogen-bond acceptors (Lipinski definition) is 5. The summed E-state index contributed by atoms with van der Waals surface area (Å²) < 4.78 is 0. The highest BCUT2D eigenvalue weighted by Crippen LogP contribution is 2.23. The number of nitrogens with one attached hydrogen (secondary N) is 2. The molecule has 0 spiro atoms. The van der Waals surface area contributed by atoms with Crippen molar-refractivity contribution in [2.24, 2.45) is 5.92 Å². The van der Waals surface area contributed by atoms with Gasteiger partial charge in [0.2, 0.25) is 0 Å². The molecule has 0 aliphatic carbocycles. The molecular weight excluding hydrogens is 266 g/mol. The van der Waals surface area contributed by atoms with Gasteiger partial charge in [0, 0.05) is 31.6 Å². The zero-order valence-electron chi connectivity index (χ0n) is 8.84. The number of halogens is 1. The summed E-state index contributed by atoms with van der Waals surface area (Å²) in [5, 5.41) is 16.3. The molecule has 1 aliphatic heterocycles. The van der Waals surface area contributed by atoms with Crippen molar-refractivity contribution >= 4 is 34.7 Å². The van der Waals surface area contributed by atoms with E-state index in [0.717, 1.165) is 24.4 Å². The van der Waals surface area contributed by atoms with Crippen molar-refractivity contribution in [1.29, 1.82) is 0 Å². The van der Waals surface area contributed by atoms with Crippen LogP contribution >= 0.6 is 23.7 Å². The van der Waals surface area contributed by atoms with Crippen molar-refractivity contribution in [1.82, 2.24) is 10.6 Å². The van der Waals surface area contributed by atoms with E-state index >= 15 is 0 Å². The highest BCUT2D eigenvalue weighted by molar-refractivity contribution is 7.17. The number of amides is 1. The number of nitro groups is 1. The summed E-state index contributed by atoms with van der Waals surface area (Å²) in [6, 6.07) is 2.83. The first-order valence-electron chi connectivity index (χ1n) is 4.90. The van der Waals surface area contributed by atoms with E-state index < -0.39 is 4.92 Å². The topological polar surface area (TPSA) is 84.3 Å². The molecule has 0 bridgehead atoms. The first-order chi connectivity index (χ1) is 7.66. The minimum absolute atomic E-state index is 0. The number of hydrogen-bond donors (Lipinski definition) is 2. The van der Waals surface area contributed by atoms with Crippen LogP contribution in [0.2, 0.25) is 0 Å². The molecule has 1 saturated heterocycles. The molecule has 6 nitrogen and oxygen atoms in total. The lowest BCUT2D eigenvalue weighted by molar-refractivity contribution is -0.380. The molecule has 0 unspecified atom stereocenters. The van der Waals surface area contributed by atoms with E-state index in [1.54, 1.807) is 0 Å². The van der Waals surface area contributed by atoms with Gasteiger partial charge in [0.05, 0.1) is 9.80 Å². The maximum Gasteiger partial charge on any atom is 0.324 e. The van der Waals surface area contributed by atoms with Gasteiger partial charge in [-0.1, -0.05) is 11.3 Å².